The number of nitrogens with zero attached hydrogens (tertiary/aromatic N) is 2. The summed E-state index contributed by atoms with van der Waals surface area (Å²) in [5.41, 5.74) is 7.43. The molecule has 0 aliphatic carbocycles. The highest BCUT2D eigenvalue weighted by Gasteiger charge is 2.09. The number of aromatic nitrogens is 2. The average Bonchev–Trinajstić information content (AvgIpc) is 2.70. The van der Waals surface area contributed by atoms with E-state index in [0.717, 1.165) is 11.3 Å². The van der Waals surface area contributed by atoms with Crippen LogP contribution in [0, 0.1) is 5.82 Å². The quantitative estimate of drug-likeness (QED) is 0.815. The van der Waals surface area contributed by atoms with Crippen LogP contribution in [0.3, 0.4) is 0 Å². The number of halogens is 1. The summed E-state index contributed by atoms with van der Waals surface area (Å²) in [5.74, 6) is -0.272. The lowest BCUT2D eigenvalue weighted by molar-refractivity contribution is 0.621. The first-order chi connectivity index (χ1) is 7.18. The van der Waals surface area contributed by atoms with Gasteiger partial charge in [-0.05, 0) is 30.7 Å². The molecule has 1 unspecified atom stereocenters. The molecule has 1 heterocycles. The Labute approximate surface area is 87.4 Å². The molecule has 78 valence electrons. The normalized spacial score (nSPS) is 12.7. The summed E-state index contributed by atoms with van der Waals surface area (Å²) >= 11 is 0. The zero-order valence-corrected chi connectivity index (χ0v) is 8.39. The number of rotatable bonds is 2. The number of hydrogen-bond donors (Lipinski definition) is 1. The van der Waals surface area contributed by atoms with Crippen molar-refractivity contribution >= 4 is 0 Å². The average molecular weight is 205 g/mol. The van der Waals surface area contributed by atoms with Crippen LogP contribution in [-0.2, 0) is 0 Å². The molecule has 0 fully saturated rings. The third-order valence-corrected chi connectivity index (χ3v) is 2.26. The van der Waals surface area contributed by atoms with Gasteiger partial charge >= 0.3 is 0 Å². The van der Waals surface area contributed by atoms with Gasteiger partial charge in [-0.2, -0.15) is 0 Å². The van der Waals surface area contributed by atoms with Crippen molar-refractivity contribution < 1.29 is 4.39 Å². The largest absolute Gasteiger partial charge is 0.324 e. The van der Waals surface area contributed by atoms with Crippen LogP contribution in [0.2, 0.25) is 0 Å². The molecule has 0 saturated heterocycles. The highest BCUT2D eigenvalue weighted by atomic mass is 19.1. The predicted octanol–water partition coefficient (Wildman–Crippen LogP) is 2.03. The van der Waals surface area contributed by atoms with Crippen LogP contribution in [0.25, 0.3) is 5.69 Å². The van der Waals surface area contributed by atoms with E-state index < -0.39 is 0 Å². The highest BCUT2D eigenvalue weighted by molar-refractivity contribution is 5.43. The summed E-state index contributed by atoms with van der Waals surface area (Å²) in [6, 6.07) is 4.37. The molecule has 0 aliphatic heterocycles. The molecule has 4 heteroatoms. The molecule has 2 aromatic rings. The maximum absolute atomic E-state index is 13.1. The van der Waals surface area contributed by atoms with Gasteiger partial charge in [-0.3, -0.25) is 0 Å². The molecule has 1 aromatic carbocycles. The minimum Gasteiger partial charge on any atom is -0.324 e. The zero-order valence-electron chi connectivity index (χ0n) is 8.39. The second-order valence-corrected chi connectivity index (χ2v) is 3.46. The highest BCUT2D eigenvalue weighted by Crippen LogP contribution is 2.20. The fourth-order valence-corrected chi connectivity index (χ4v) is 1.53. The van der Waals surface area contributed by atoms with Gasteiger partial charge in [0, 0.05) is 18.4 Å². The SMILES string of the molecule is CC(N)c1cc(F)ccc1-n1ccnc1. The van der Waals surface area contributed by atoms with Crippen LogP contribution in [0.15, 0.2) is 36.9 Å². The molecule has 0 bridgehead atoms. The first-order valence-corrected chi connectivity index (χ1v) is 4.72. The molecule has 0 radical (unpaired) electrons. The Morgan fingerprint density at radius 3 is 2.87 bits per heavy atom. The van der Waals surface area contributed by atoms with Gasteiger partial charge in [0.05, 0.1) is 12.0 Å². The van der Waals surface area contributed by atoms with E-state index >= 15 is 0 Å². The van der Waals surface area contributed by atoms with Gasteiger partial charge in [-0.15, -0.1) is 0 Å². The monoisotopic (exact) mass is 205 g/mol. The Hall–Kier alpha value is -1.68. The van der Waals surface area contributed by atoms with Gasteiger partial charge in [-0.25, -0.2) is 9.37 Å². The molecule has 1 aromatic heterocycles. The van der Waals surface area contributed by atoms with Crippen LogP contribution in [0.5, 0.6) is 0 Å². The van der Waals surface area contributed by atoms with Gasteiger partial charge in [0.2, 0.25) is 0 Å². The Balaban J connectivity index is 2.56. The molecular weight excluding hydrogens is 193 g/mol. The van der Waals surface area contributed by atoms with Crippen LogP contribution < -0.4 is 5.73 Å². The molecular formula is C11H12FN3. The van der Waals surface area contributed by atoms with E-state index in [0.29, 0.717) is 0 Å². The molecule has 15 heavy (non-hydrogen) atoms. The summed E-state index contributed by atoms with van der Waals surface area (Å²) in [5, 5.41) is 0. The Bertz CT molecular complexity index is 449. The summed E-state index contributed by atoms with van der Waals surface area (Å²) in [7, 11) is 0. The molecule has 2 N–H and O–H groups in total. The Morgan fingerprint density at radius 2 is 2.27 bits per heavy atom. The Kier molecular flexibility index (Phi) is 2.51. The van der Waals surface area contributed by atoms with E-state index in [4.69, 9.17) is 5.73 Å². The van der Waals surface area contributed by atoms with E-state index in [2.05, 4.69) is 4.98 Å². The first-order valence-electron chi connectivity index (χ1n) is 4.72. The summed E-state index contributed by atoms with van der Waals surface area (Å²) in [4.78, 5) is 3.95. The minimum absolute atomic E-state index is 0.210. The van der Waals surface area contributed by atoms with Crippen molar-refractivity contribution in [1.29, 1.82) is 0 Å². The van der Waals surface area contributed by atoms with Gasteiger partial charge in [0.25, 0.3) is 0 Å². The minimum atomic E-state index is -0.272. The zero-order chi connectivity index (χ0) is 10.8. The van der Waals surface area contributed by atoms with Crippen LogP contribution in [-0.4, -0.2) is 9.55 Å². The standard InChI is InChI=1S/C11H12FN3/c1-8(13)10-6-9(12)2-3-11(10)15-5-4-14-7-15/h2-8H,13H2,1H3. The lowest BCUT2D eigenvalue weighted by Crippen LogP contribution is -2.09. The number of hydrogen-bond acceptors (Lipinski definition) is 2. The number of benzene rings is 1. The topological polar surface area (TPSA) is 43.8 Å². The second kappa shape index (κ2) is 3.82. The van der Waals surface area contributed by atoms with Crippen LogP contribution >= 0.6 is 0 Å². The number of imidazole rings is 1. The van der Waals surface area contributed by atoms with Crippen molar-refractivity contribution in [2.45, 2.75) is 13.0 Å². The lowest BCUT2D eigenvalue weighted by Gasteiger charge is -2.13. The molecule has 1 atom stereocenters. The molecule has 0 spiro atoms. The molecule has 2 rings (SSSR count). The maximum atomic E-state index is 13.1. The van der Waals surface area contributed by atoms with Gasteiger partial charge in [-0.1, -0.05) is 0 Å². The van der Waals surface area contributed by atoms with Crippen molar-refractivity contribution in [3.05, 3.63) is 48.3 Å². The third-order valence-electron chi connectivity index (χ3n) is 2.26. The molecule has 0 aliphatic rings. The van der Waals surface area contributed by atoms with E-state index in [1.165, 1.54) is 12.1 Å². The summed E-state index contributed by atoms with van der Waals surface area (Å²) in [6.45, 7) is 1.83. The molecule has 0 saturated carbocycles. The van der Waals surface area contributed by atoms with Crippen molar-refractivity contribution in [3.63, 3.8) is 0 Å². The summed E-state index contributed by atoms with van der Waals surface area (Å²) in [6.07, 6.45) is 5.15. The van der Waals surface area contributed by atoms with E-state index in [-0.39, 0.29) is 11.9 Å². The second-order valence-electron chi connectivity index (χ2n) is 3.46. The lowest BCUT2D eigenvalue weighted by atomic mass is 10.1. The van der Waals surface area contributed by atoms with Crippen molar-refractivity contribution in [1.82, 2.24) is 9.55 Å². The van der Waals surface area contributed by atoms with Crippen molar-refractivity contribution in [2.75, 3.05) is 0 Å². The van der Waals surface area contributed by atoms with Crippen LogP contribution in [0.1, 0.15) is 18.5 Å². The first kappa shape index (κ1) is 9.86. The predicted molar refractivity (Wildman–Crippen MR) is 56.1 cm³/mol. The van der Waals surface area contributed by atoms with E-state index in [1.54, 1.807) is 24.8 Å². The number of nitrogens with two attached hydrogens (primary N) is 1. The smallest absolute Gasteiger partial charge is 0.123 e. The van der Waals surface area contributed by atoms with E-state index in [9.17, 15) is 4.39 Å². The Morgan fingerprint density at radius 1 is 1.47 bits per heavy atom. The molecule has 3 nitrogen and oxygen atoms in total. The summed E-state index contributed by atoms with van der Waals surface area (Å²) < 4.78 is 14.9. The van der Waals surface area contributed by atoms with Crippen molar-refractivity contribution in [3.8, 4) is 5.69 Å². The van der Waals surface area contributed by atoms with Crippen LogP contribution in [0.4, 0.5) is 4.39 Å². The fourth-order valence-electron chi connectivity index (χ4n) is 1.53. The van der Waals surface area contributed by atoms with E-state index in [1.807, 2.05) is 11.5 Å². The van der Waals surface area contributed by atoms with Gasteiger partial charge in [0.1, 0.15) is 5.82 Å². The van der Waals surface area contributed by atoms with Gasteiger partial charge in [0.15, 0.2) is 0 Å². The maximum Gasteiger partial charge on any atom is 0.123 e. The fraction of sp³-hybridized carbons (Fsp3) is 0.182. The molecule has 0 amide bonds. The third kappa shape index (κ3) is 1.89. The van der Waals surface area contributed by atoms with Crippen molar-refractivity contribution in [2.24, 2.45) is 5.73 Å². The van der Waals surface area contributed by atoms with Gasteiger partial charge < -0.3 is 10.3 Å².